The third-order valence-corrected chi connectivity index (χ3v) is 2.64. The Morgan fingerprint density at radius 1 is 1.00 bits per heavy atom. The maximum absolute atomic E-state index is 10.5. The molecular weight excluding hydrogens is 268 g/mol. The number of benzene rings is 2. The van der Waals surface area contributed by atoms with Crippen molar-refractivity contribution in [3.63, 3.8) is 0 Å². The number of hydrogen-bond acceptors (Lipinski definition) is 3. The highest BCUT2D eigenvalue weighted by Crippen LogP contribution is 2.23. The second-order valence-electron chi connectivity index (χ2n) is 4.50. The van der Waals surface area contributed by atoms with Crippen LogP contribution in [-0.4, -0.2) is 17.7 Å². The average Bonchev–Trinajstić information content (AvgIpc) is 2.47. The van der Waals surface area contributed by atoms with Crippen LogP contribution >= 0.6 is 0 Å². The minimum Gasteiger partial charge on any atom is -0.489 e. The van der Waals surface area contributed by atoms with Crippen molar-refractivity contribution < 1.29 is 19.4 Å². The van der Waals surface area contributed by atoms with E-state index in [2.05, 4.69) is 0 Å². The first-order chi connectivity index (χ1) is 10.1. The van der Waals surface area contributed by atoms with Gasteiger partial charge in [0, 0.05) is 6.08 Å². The zero-order valence-corrected chi connectivity index (χ0v) is 11.7. The van der Waals surface area contributed by atoms with E-state index in [0.29, 0.717) is 17.1 Å². The lowest BCUT2D eigenvalue weighted by Crippen LogP contribution is -2.01. The number of ether oxygens (including phenoxy) is 2. The number of para-hydroxylation sites is 1. The molecule has 0 heterocycles. The van der Waals surface area contributed by atoms with Crippen molar-refractivity contribution in [3.8, 4) is 17.2 Å². The van der Waals surface area contributed by atoms with E-state index in [9.17, 15) is 4.79 Å². The molecular formula is C17H16O4. The van der Waals surface area contributed by atoms with Crippen LogP contribution < -0.4 is 9.47 Å². The summed E-state index contributed by atoms with van der Waals surface area (Å²) in [7, 11) is 0. The summed E-state index contributed by atoms with van der Waals surface area (Å²) in [6, 6.07) is 16.7. The molecule has 2 rings (SSSR count). The maximum Gasteiger partial charge on any atom is 0.328 e. The van der Waals surface area contributed by atoms with Gasteiger partial charge in [0.05, 0.1) is 0 Å². The van der Waals surface area contributed by atoms with Crippen LogP contribution in [0, 0.1) is 0 Å². The third-order valence-electron chi connectivity index (χ3n) is 2.64. The van der Waals surface area contributed by atoms with Gasteiger partial charge in [-0.3, -0.25) is 0 Å². The Bertz CT molecular complexity index is 615. The monoisotopic (exact) mass is 284 g/mol. The number of hydrogen-bond donors (Lipinski definition) is 1. The van der Waals surface area contributed by atoms with Crippen LogP contribution in [0.3, 0.4) is 0 Å². The molecule has 0 spiro atoms. The molecule has 4 nitrogen and oxygen atoms in total. The molecule has 1 N–H and O–H groups in total. The van der Waals surface area contributed by atoms with Gasteiger partial charge in [-0.05, 0) is 48.9 Å². The summed E-state index contributed by atoms with van der Waals surface area (Å²) in [4.78, 5) is 10.5. The summed E-state index contributed by atoms with van der Waals surface area (Å²) in [6.07, 6.45) is 1.13. The molecule has 108 valence electrons. The summed E-state index contributed by atoms with van der Waals surface area (Å²) in [5.41, 5.74) is 0.645. The number of aliphatic carboxylic acids is 1. The van der Waals surface area contributed by atoms with E-state index in [1.165, 1.54) is 0 Å². The van der Waals surface area contributed by atoms with Gasteiger partial charge < -0.3 is 14.6 Å². The highest BCUT2D eigenvalue weighted by Gasteiger charge is 2.00. The molecule has 0 atom stereocenters. The van der Waals surface area contributed by atoms with Crippen LogP contribution in [0.5, 0.6) is 17.2 Å². The molecule has 2 aromatic rings. The smallest absolute Gasteiger partial charge is 0.328 e. The van der Waals surface area contributed by atoms with E-state index >= 15 is 0 Å². The molecule has 0 aromatic heterocycles. The Kier molecular flexibility index (Phi) is 4.99. The maximum atomic E-state index is 10.5. The van der Waals surface area contributed by atoms with Gasteiger partial charge >= 0.3 is 5.97 Å². The number of carboxylic acids is 1. The van der Waals surface area contributed by atoms with E-state index < -0.39 is 5.97 Å². The SMILES string of the molecule is C/C(=C\C(=O)O)COc1ccc(Oc2ccccc2)cc1. The molecule has 4 heteroatoms. The van der Waals surface area contributed by atoms with E-state index in [0.717, 1.165) is 11.8 Å². The largest absolute Gasteiger partial charge is 0.489 e. The predicted molar refractivity (Wildman–Crippen MR) is 79.8 cm³/mol. The van der Waals surface area contributed by atoms with Crippen LogP contribution in [0.1, 0.15) is 6.92 Å². The number of carbonyl (C=O) groups is 1. The molecule has 0 saturated carbocycles. The quantitative estimate of drug-likeness (QED) is 0.818. The highest BCUT2D eigenvalue weighted by molar-refractivity contribution is 5.80. The summed E-state index contributed by atoms with van der Waals surface area (Å²) >= 11 is 0. The summed E-state index contributed by atoms with van der Waals surface area (Å²) in [5.74, 6) is 1.18. The van der Waals surface area contributed by atoms with Crippen molar-refractivity contribution >= 4 is 5.97 Å². The molecule has 0 aliphatic carbocycles. The number of carboxylic acid groups (broad SMARTS) is 1. The van der Waals surface area contributed by atoms with Crippen molar-refractivity contribution in [1.29, 1.82) is 0 Å². The van der Waals surface area contributed by atoms with E-state index in [4.69, 9.17) is 14.6 Å². The van der Waals surface area contributed by atoms with Crippen LogP contribution in [0.4, 0.5) is 0 Å². The van der Waals surface area contributed by atoms with Crippen LogP contribution in [0.2, 0.25) is 0 Å². The minimum atomic E-state index is -0.970. The zero-order valence-electron chi connectivity index (χ0n) is 11.7. The van der Waals surface area contributed by atoms with E-state index in [-0.39, 0.29) is 6.61 Å². The van der Waals surface area contributed by atoms with E-state index in [1.54, 1.807) is 31.2 Å². The van der Waals surface area contributed by atoms with Gasteiger partial charge in [-0.1, -0.05) is 18.2 Å². The Balaban J connectivity index is 1.92. The van der Waals surface area contributed by atoms with Gasteiger partial charge in [-0.2, -0.15) is 0 Å². The molecule has 0 unspecified atom stereocenters. The molecule has 0 aliphatic heterocycles. The van der Waals surface area contributed by atoms with Gasteiger partial charge in [-0.25, -0.2) is 4.79 Å². The van der Waals surface area contributed by atoms with Gasteiger partial charge in [-0.15, -0.1) is 0 Å². The van der Waals surface area contributed by atoms with Crippen molar-refractivity contribution in [2.75, 3.05) is 6.61 Å². The van der Waals surface area contributed by atoms with Crippen molar-refractivity contribution in [3.05, 3.63) is 66.2 Å². The molecule has 0 saturated heterocycles. The normalized spacial score (nSPS) is 11.0. The van der Waals surface area contributed by atoms with Crippen molar-refractivity contribution in [2.45, 2.75) is 6.92 Å². The first-order valence-corrected chi connectivity index (χ1v) is 6.49. The van der Waals surface area contributed by atoms with Crippen molar-refractivity contribution in [2.24, 2.45) is 0 Å². The zero-order chi connectivity index (χ0) is 15.1. The van der Waals surface area contributed by atoms with Crippen LogP contribution in [0.15, 0.2) is 66.2 Å². The van der Waals surface area contributed by atoms with Gasteiger partial charge in [0.15, 0.2) is 0 Å². The molecule has 0 amide bonds. The Labute approximate surface area is 123 Å². The fraction of sp³-hybridized carbons (Fsp3) is 0.118. The van der Waals surface area contributed by atoms with Crippen LogP contribution in [-0.2, 0) is 4.79 Å². The first-order valence-electron chi connectivity index (χ1n) is 6.49. The summed E-state index contributed by atoms with van der Waals surface area (Å²) in [6.45, 7) is 1.95. The number of rotatable bonds is 6. The Hall–Kier alpha value is -2.75. The molecule has 21 heavy (non-hydrogen) atoms. The summed E-state index contributed by atoms with van der Waals surface area (Å²) in [5, 5.41) is 8.61. The topological polar surface area (TPSA) is 55.8 Å². The van der Waals surface area contributed by atoms with Crippen molar-refractivity contribution in [1.82, 2.24) is 0 Å². The standard InChI is InChI=1S/C17H16O4/c1-13(11-17(18)19)12-20-14-7-9-16(10-8-14)21-15-5-3-2-4-6-15/h2-11H,12H2,1H3,(H,18,19)/b13-11+. The molecule has 0 aliphatic rings. The van der Waals surface area contributed by atoms with Gasteiger partial charge in [0.1, 0.15) is 23.9 Å². The fourth-order valence-electron chi connectivity index (χ4n) is 1.68. The first kappa shape index (κ1) is 14.7. The minimum absolute atomic E-state index is 0.241. The second-order valence-corrected chi connectivity index (χ2v) is 4.50. The van der Waals surface area contributed by atoms with Gasteiger partial charge in [0.25, 0.3) is 0 Å². The van der Waals surface area contributed by atoms with E-state index in [1.807, 2.05) is 30.3 Å². The van der Waals surface area contributed by atoms with Crippen LogP contribution in [0.25, 0.3) is 0 Å². The van der Waals surface area contributed by atoms with Gasteiger partial charge in [0.2, 0.25) is 0 Å². The average molecular weight is 284 g/mol. The molecule has 2 aromatic carbocycles. The highest BCUT2D eigenvalue weighted by atomic mass is 16.5. The lowest BCUT2D eigenvalue weighted by atomic mass is 10.3. The molecule has 0 fully saturated rings. The predicted octanol–water partition coefficient (Wildman–Crippen LogP) is 3.89. The lowest BCUT2D eigenvalue weighted by molar-refractivity contribution is -0.131. The molecule has 0 bridgehead atoms. The summed E-state index contributed by atoms with van der Waals surface area (Å²) < 4.78 is 11.2. The Morgan fingerprint density at radius 2 is 1.57 bits per heavy atom. The second kappa shape index (κ2) is 7.14. The lowest BCUT2D eigenvalue weighted by Gasteiger charge is -2.08. The molecule has 0 radical (unpaired) electrons. The Morgan fingerprint density at radius 3 is 2.19 bits per heavy atom. The fourth-order valence-corrected chi connectivity index (χ4v) is 1.68. The third kappa shape index (κ3) is 5.03.